The van der Waals surface area contributed by atoms with Crippen molar-refractivity contribution in [3.63, 3.8) is 0 Å². The maximum atomic E-state index is 12.5. The molecule has 0 bridgehead atoms. The van der Waals surface area contributed by atoms with Crippen LogP contribution in [-0.2, 0) is 13.0 Å². The van der Waals surface area contributed by atoms with E-state index in [1.165, 1.54) is 24.2 Å². The maximum absolute atomic E-state index is 12.5. The fourth-order valence-electron chi connectivity index (χ4n) is 2.99. The highest BCUT2D eigenvalue weighted by Crippen LogP contribution is 2.22. The van der Waals surface area contributed by atoms with Crippen LogP contribution >= 0.6 is 11.3 Å². The van der Waals surface area contributed by atoms with Crippen molar-refractivity contribution in [2.45, 2.75) is 46.6 Å². The number of piperidine rings is 1. The first-order valence-electron chi connectivity index (χ1n) is 8.50. The molecule has 1 aliphatic heterocycles. The van der Waals surface area contributed by atoms with Crippen LogP contribution in [0.3, 0.4) is 0 Å². The topological polar surface area (TPSA) is 71.3 Å². The van der Waals surface area contributed by atoms with Gasteiger partial charge in [-0.2, -0.15) is 0 Å². The van der Waals surface area contributed by atoms with Gasteiger partial charge in [0.25, 0.3) is 5.91 Å². The smallest absolute Gasteiger partial charge is 0.262 e. The summed E-state index contributed by atoms with van der Waals surface area (Å²) in [5, 5.41) is 9.40. The van der Waals surface area contributed by atoms with E-state index >= 15 is 0 Å². The normalized spacial score (nSPS) is 16.5. The summed E-state index contributed by atoms with van der Waals surface area (Å²) < 4.78 is 5.18. The SMILES string of the molecule is CCc1onc(C)c1C(=O)Nc1nc(CN2CCC(C)CC2)cs1. The largest absolute Gasteiger partial charge is 0.360 e. The number of thiazole rings is 1. The number of rotatable bonds is 5. The minimum atomic E-state index is -0.196. The van der Waals surface area contributed by atoms with Crippen molar-refractivity contribution in [1.29, 1.82) is 0 Å². The van der Waals surface area contributed by atoms with Gasteiger partial charge in [-0.25, -0.2) is 4.98 Å². The Morgan fingerprint density at radius 3 is 2.92 bits per heavy atom. The van der Waals surface area contributed by atoms with E-state index < -0.39 is 0 Å². The fraction of sp³-hybridized carbons (Fsp3) is 0.588. The Balaban J connectivity index is 1.61. The standard InChI is InChI=1S/C17H24N4O2S/c1-4-14-15(12(3)20-23-14)16(22)19-17-18-13(10-24-17)9-21-7-5-11(2)6-8-21/h10-11H,4-9H2,1-3H3,(H,18,19,22). The number of amides is 1. The van der Waals surface area contributed by atoms with E-state index in [0.717, 1.165) is 31.2 Å². The average Bonchev–Trinajstić information content (AvgIpc) is 3.15. The lowest BCUT2D eigenvalue weighted by molar-refractivity contribution is 0.102. The highest BCUT2D eigenvalue weighted by molar-refractivity contribution is 7.14. The van der Waals surface area contributed by atoms with Crippen LogP contribution in [0.1, 0.15) is 54.2 Å². The first-order valence-corrected chi connectivity index (χ1v) is 9.38. The van der Waals surface area contributed by atoms with Gasteiger partial charge in [-0.3, -0.25) is 15.0 Å². The first-order chi connectivity index (χ1) is 11.6. The molecule has 2 aromatic rings. The molecule has 6 nitrogen and oxygen atoms in total. The molecule has 7 heteroatoms. The zero-order chi connectivity index (χ0) is 17.1. The van der Waals surface area contributed by atoms with Gasteiger partial charge in [0.05, 0.1) is 11.4 Å². The van der Waals surface area contributed by atoms with E-state index in [0.29, 0.717) is 28.6 Å². The molecule has 1 fully saturated rings. The molecule has 1 N–H and O–H groups in total. The fourth-order valence-corrected chi connectivity index (χ4v) is 3.69. The highest BCUT2D eigenvalue weighted by atomic mass is 32.1. The molecule has 3 heterocycles. The van der Waals surface area contributed by atoms with Crippen LogP contribution in [0.4, 0.5) is 5.13 Å². The lowest BCUT2D eigenvalue weighted by atomic mass is 9.99. The third-order valence-corrected chi connectivity index (χ3v) is 5.32. The lowest BCUT2D eigenvalue weighted by Gasteiger charge is -2.29. The molecular formula is C17H24N4O2S. The quantitative estimate of drug-likeness (QED) is 0.895. The third kappa shape index (κ3) is 3.84. The van der Waals surface area contributed by atoms with E-state index in [-0.39, 0.29) is 5.91 Å². The van der Waals surface area contributed by atoms with E-state index in [2.05, 4.69) is 27.3 Å². The van der Waals surface area contributed by atoms with E-state index in [1.807, 2.05) is 12.3 Å². The number of nitrogens with zero attached hydrogens (tertiary/aromatic N) is 3. The molecule has 130 valence electrons. The monoisotopic (exact) mass is 348 g/mol. The van der Waals surface area contributed by atoms with Gasteiger partial charge in [-0.1, -0.05) is 19.0 Å². The van der Waals surface area contributed by atoms with E-state index in [9.17, 15) is 4.79 Å². The lowest BCUT2D eigenvalue weighted by Crippen LogP contribution is -2.32. The van der Waals surface area contributed by atoms with E-state index in [4.69, 9.17) is 4.52 Å². The maximum Gasteiger partial charge on any atom is 0.262 e. The Hall–Kier alpha value is -1.73. The Labute approximate surface area is 146 Å². The van der Waals surface area contributed by atoms with Gasteiger partial charge in [0.15, 0.2) is 5.13 Å². The van der Waals surface area contributed by atoms with Crippen LogP contribution in [0, 0.1) is 12.8 Å². The highest BCUT2D eigenvalue weighted by Gasteiger charge is 2.21. The Kier molecular flexibility index (Phi) is 5.30. The minimum Gasteiger partial charge on any atom is -0.360 e. The molecular weight excluding hydrogens is 324 g/mol. The van der Waals surface area contributed by atoms with E-state index in [1.54, 1.807) is 6.92 Å². The minimum absolute atomic E-state index is 0.196. The van der Waals surface area contributed by atoms with Gasteiger partial charge < -0.3 is 4.52 Å². The zero-order valence-corrected chi connectivity index (χ0v) is 15.3. The molecule has 0 unspecified atom stereocenters. The van der Waals surface area contributed by atoms with Gasteiger partial charge in [0.2, 0.25) is 0 Å². The summed E-state index contributed by atoms with van der Waals surface area (Å²) in [5.74, 6) is 1.24. The summed E-state index contributed by atoms with van der Waals surface area (Å²) >= 11 is 1.46. The number of hydrogen-bond acceptors (Lipinski definition) is 6. The van der Waals surface area contributed by atoms with Crippen LogP contribution in [0.15, 0.2) is 9.90 Å². The first kappa shape index (κ1) is 17.1. The Morgan fingerprint density at radius 2 is 2.21 bits per heavy atom. The summed E-state index contributed by atoms with van der Waals surface area (Å²) in [6, 6.07) is 0. The van der Waals surface area contributed by atoms with Crippen LogP contribution in [0.5, 0.6) is 0 Å². The summed E-state index contributed by atoms with van der Waals surface area (Å²) in [7, 11) is 0. The summed E-state index contributed by atoms with van der Waals surface area (Å²) in [4.78, 5) is 19.4. The number of aromatic nitrogens is 2. The second-order valence-corrected chi connectivity index (χ2v) is 7.33. The zero-order valence-electron chi connectivity index (χ0n) is 14.5. The number of likely N-dealkylation sites (tertiary alicyclic amines) is 1. The molecule has 0 spiro atoms. The number of aryl methyl sites for hydroxylation is 2. The predicted octanol–water partition coefficient (Wildman–Crippen LogP) is 3.49. The summed E-state index contributed by atoms with van der Waals surface area (Å²) in [5.41, 5.74) is 2.16. The number of carbonyl (C=O) groups is 1. The third-order valence-electron chi connectivity index (χ3n) is 4.52. The molecule has 1 aliphatic rings. The molecule has 0 radical (unpaired) electrons. The molecule has 1 saturated heterocycles. The van der Waals surface area contributed by atoms with Gasteiger partial charge in [-0.05, 0) is 38.8 Å². The predicted molar refractivity (Wildman–Crippen MR) is 94.4 cm³/mol. The summed E-state index contributed by atoms with van der Waals surface area (Å²) in [6.07, 6.45) is 3.14. The van der Waals surface area contributed by atoms with Crippen molar-refractivity contribution >= 4 is 22.4 Å². The number of nitrogens with one attached hydrogen (secondary N) is 1. The molecule has 1 amide bonds. The number of hydrogen-bond donors (Lipinski definition) is 1. The van der Waals surface area contributed by atoms with Crippen LogP contribution in [0.2, 0.25) is 0 Å². The molecule has 2 aromatic heterocycles. The second kappa shape index (κ2) is 7.44. The van der Waals surface area contributed by atoms with Crippen LogP contribution in [0.25, 0.3) is 0 Å². The molecule has 0 aliphatic carbocycles. The Bertz CT molecular complexity index is 701. The van der Waals surface area contributed by atoms with Crippen molar-refractivity contribution in [3.8, 4) is 0 Å². The Morgan fingerprint density at radius 1 is 1.46 bits per heavy atom. The van der Waals surface area contributed by atoms with Gasteiger partial charge in [0.1, 0.15) is 11.3 Å². The number of anilines is 1. The number of carbonyl (C=O) groups excluding carboxylic acids is 1. The van der Waals surface area contributed by atoms with Crippen molar-refractivity contribution < 1.29 is 9.32 Å². The average molecular weight is 348 g/mol. The molecule has 0 aromatic carbocycles. The molecule has 0 atom stereocenters. The van der Waals surface area contributed by atoms with Crippen molar-refractivity contribution in [2.75, 3.05) is 18.4 Å². The molecule has 24 heavy (non-hydrogen) atoms. The summed E-state index contributed by atoms with van der Waals surface area (Å²) in [6.45, 7) is 9.14. The van der Waals surface area contributed by atoms with Crippen LogP contribution < -0.4 is 5.32 Å². The van der Waals surface area contributed by atoms with Gasteiger partial charge in [-0.15, -0.1) is 11.3 Å². The van der Waals surface area contributed by atoms with Crippen molar-refractivity contribution in [2.24, 2.45) is 5.92 Å². The molecule has 3 rings (SSSR count). The van der Waals surface area contributed by atoms with Crippen molar-refractivity contribution in [1.82, 2.24) is 15.0 Å². The van der Waals surface area contributed by atoms with Gasteiger partial charge in [0, 0.05) is 18.3 Å². The second-order valence-electron chi connectivity index (χ2n) is 6.48. The molecule has 0 saturated carbocycles. The van der Waals surface area contributed by atoms with Crippen molar-refractivity contribution in [3.05, 3.63) is 28.1 Å². The van der Waals surface area contributed by atoms with Gasteiger partial charge >= 0.3 is 0 Å². The van der Waals surface area contributed by atoms with Crippen LogP contribution in [-0.4, -0.2) is 34.0 Å².